The number of aromatic nitrogens is 1. The summed E-state index contributed by atoms with van der Waals surface area (Å²) in [6.45, 7) is 7.47. The Bertz CT molecular complexity index is 1240. The molecule has 0 unspecified atom stereocenters. The number of aryl methyl sites for hydroxylation is 1. The SMILES string of the molecule is Cc1cc(/C=C2\C(=N)N3N=C(C(C)C)SC3=NC2=O)c(C)n1-c1cccc(C(F)(F)F)c1. The van der Waals surface area contributed by atoms with Crippen LogP contribution in [0, 0.1) is 25.2 Å². The summed E-state index contributed by atoms with van der Waals surface area (Å²) in [6.07, 6.45) is -2.90. The summed E-state index contributed by atoms with van der Waals surface area (Å²) in [5.41, 5.74) is 1.67. The van der Waals surface area contributed by atoms with Crippen molar-refractivity contribution in [2.45, 2.75) is 33.9 Å². The van der Waals surface area contributed by atoms with Crippen LogP contribution in [0.3, 0.4) is 0 Å². The van der Waals surface area contributed by atoms with E-state index in [1.165, 1.54) is 22.8 Å². The third-order valence-corrected chi connectivity index (χ3v) is 6.37. The number of thioether (sulfide) groups is 1. The average Bonchev–Trinajstić information content (AvgIpc) is 3.25. The number of hydrazone groups is 1. The lowest BCUT2D eigenvalue weighted by Gasteiger charge is -2.20. The summed E-state index contributed by atoms with van der Waals surface area (Å²) < 4.78 is 41.2. The van der Waals surface area contributed by atoms with Gasteiger partial charge in [0.15, 0.2) is 5.84 Å². The van der Waals surface area contributed by atoms with Crippen molar-refractivity contribution >= 4 is 39.8 Å². The van der Waals surface area contributed by atoms with Gasteiger partial charge in [-0.3, -0.25) is 10.2 Å². The standard InChI is InChI=1S/C22H20F3N5OS/c1-11(2)20-28-30-18(26)17(19(31)27-21(30)32-20)9-14-8-12(3)29(13(14)4)16-7-5-6-15(10-16)22(23,24)25/h5-11,26H,1-4H3/b17-9+,26-18?. The second kappa shape index (κ2) is 7.77. The van der Waals surface area contributed by atoms with Gasteiger partial charge >= 0.3 is 6.18 Å². The Morgan fingerprint density at radius 1 is 1.19 bits per heavy atom. The third-order valence-electron chi connectivity index (χ3n) is 5.17. The average molecular weight is 459 g/mol. The number of fused-ring (bicyclic) bond motifs is 1. The Hall–Kier alpha value is -3.14. The Balaban J connectivity index is 1.74. The number of alkyl halides is 3. The number of halogens is 3. The molecular weight excluding hydrogens is 439 g/mol. The van der Waals surface area contributed by atoms with Gasteiger partial charge in [0.2, 0.25) is 5.17 Å². The molecule has 0 saturated carbocycles. The van der Waals surface area contributed by atoms with Crippen LogP contribution in [0.4, 0.5) is 13.2 Å². The number of nitrogens with one attached hydrogen (secondary N) is 1. The maximum absolute atomic E-state index is 13.2. The number of carbonyl (C=O) groups is 1. The molecule has 0 atom stereocenters. The molecule has 32 heavy (non-hydrogen) atoms. The first-order chi connectivity index (χ1) is 15.0. The molecule has 166 valence electrons. The van der Waals surface area contributed by atoms with Gasteiger partial charge in [0.25, 0.3) is 5.91 Å². The molecule has 1 amide bonds. The molecule has 6 nitrogen and oxygen atoms in total. The summed E-state index contributed by atoms with van der Waals surface area (Å²) in [5, 5.41) is 15.3. The molecule has 2 aromatic rings. The number of aliphatic imine (C=N–C) groups is 1. The summed E-state index contributed by atoms with van der Waals surface area (Å²) in [6, 6.07) is 6.84. The summed E-state index contributed by atoms with van der Waals surface area (Å²) in [4.78, 5) is 16.7. The minimum atomic E-state index is -4.45. The summed E-state index contributed by atoms with van der Waals surface area (Å²) in [5.74, 6) is -0.486. The molecule has 2 aliphatic heterocycles. The molecule has 4 rings (SSSR count). The van der Waals surface area contributed by atoms with E-state index in [4.69, 9.17) is 5.41 Å². The fourth-order valence-corrected chi connectivity index (χ4v) is 4.44. The summed E-state index contributed by atoms with van der Waals surface area (Å²) in [7, 11) is 0. The van der Waals surface area contributed by atoms with Crippen LogP contribution in [0.1, 0.15) is 36.4 Å². The molecule has 0 spiro atoms. The number of amidine groups is 2. The molecule has 1 aromatic carbocycles. The smallest absolute Gasteiger partial charge is 0.318 e. The van der Waals surface area contributed by atoms with Gasteiger partial charge < -0.3 is 4.57 Å². The van der Waals surface area contributed by atoms with Crippen LogP contribution in [0.5, 0.6) is 0 Å². The molecule has 10 heteroatoms. The second-order valence-corrected chi connectivity index (χ2v) is 8.81. The van der Waals surface area contributed by atoms with Crippen LogP contribution < -0.4 is 0 Å². The zero-order valence-electron chi connectivity index (χ0n) is 17.8. The van der Waals surface area contributed by atoms with Crippen molar-refractivity contribution < 1.29 is 18.0 Å². The van der Waals surface area contributed by atoms with Crippen LogP contribution in [0.15, 0.2) is 46.0 Å². The van der Waals surface area contributed by atoms with Crippen LogP contribution in [-0.2, 0) is 11.0 Å². The topological polar surface area (TPSA) is 73.8 Å². The Kier molecular flexibility index (Phi) is 5.36. The fourth-order valence-electron chi connectivity index (χ4n) is 3.55. The monoisotopic (exact) mass is 459 g/mol. The zero-order chi connectivity index (χ0) is 23.4. The molecule has 1 aromatic heterocycles. The van der Waals surface area contributed by atoms with Gasteiger partial charge in [-0.25, -0.2) is 0 Å². The summed E-state index contributed by atoms with van der Waals surface area (Å²) >= 11 is 1.27. The molecule has 2 aliphatic rings. The van der Waals surface area contributed by atoms with Crippen molar-refractivity contribution in [3.8, 4) is 5.69 Å². The van der Waals surface area contributed by atoms with Crippen LogP contribution in [-0.4, -0.2) is 31.5 Å². The lowest BCUT2D eigenvalue weighted by molar-refractivity contribution is -0.137. The van der Waals surface area contributed by atoms with Crippen molar-refractivity contribution in [1.29, 1.82) is 5.41 Å². The molecule has 0 fully saturated rings. The first kappa shape index (κ1) is 22.1. The predicted molar refractivity (Wildman–Crippen MR) is 120 cm³/mol. The minimum Gasteiger partial charge on any atom is -0.318 e. The van der Waals surface area contributed by atoms with E-state index >= 15 is 0 Å². The molecule has 3 heterocycles. The molecular formula is C22H20F3N5OS. The van der Waals surface area contributed by atoms with Gasteiger partial charge in [-0.15, -0.1) is 0 Å². The van der Waals surface area contributed by atoms with Crippen molar-refractivity contribution in [1.82, 2.24) is 9.58 Å². The van der Waals surface area contributed by atoms with E-state index in [-0.39, 0.29) is 17.3 Å². The van der Waals surface area contributed by atoms with Gasteiger partial charge in [-0.2, -0.15) is 28.3 Å². The lowest BCUT2D eigenvalue weighted by Crippen LogP contribution is -2.35. The maximum atomic E-state index is 13.2. The molecule has 0 aliphatic carbocycles. The van der Waals surface area contributed by atoms with E-state index in [1.807, 2.05) is 13.8 Å². The van der Waals surface area contributed by atoms with Gasteiger partial charge in [0.1, 0.15) is 5.04 Å². The highest BCUT2D eigenvalue weighted by atomic mass is 32.2. The Morgan fingerprint density at radius 2 is 1.91 bits per heavy atom. The van der Waals surface area contributed by atoms with E-state index in [0.29, 0.717) is 27.8 Å². The number of hydrogen-bond donors (Lipinski definition) is 1. The normalized spacial score (nSPS) is 17.9. The number of benzene rings is 1. The van der Waals surface area contributed by atoms with Gasteiger partial charge in [0.05, 0.1) is 11.1 Å². The minimum absolute atomic E-state index is 0.0763. The number of carbonyl (C=O) groups excluding carboxylic acids is 1. The third kappa shape index (κ3) is 3.79. The molecule has 0 bridgehead atoms. The van der Waals surface area contributed by atoms with Gasteiger partial charge in [-0.05, 0) is 61.5 Å². The van der Waals surface area contributed by atoms with E-state index < -0.39 is 17.6 Å². The first-order valence-corrected chi connectivity index (χ1v) is 10.7. The highest BCUT2D eigenvalue weighted by Crippen LogP contribution is 2.33. The number of nitrogens with zero attached hydrogens (tertiary/aromatic N) is 4. The van der Waals surface area contributed by atoms with Crippen LogP contribution in [0.2, 0.25) is 0 Å². The Labute approximate surface area is 187 Å². The van der Waals surface area contributed by atoms with E-state index in [2.05, 4.69) is 10.1 Å². The first-order valence-electron chi connectivity index (χ1n) is 9.84. The number of amides is 1. The largest absolute Gasteiger partial charge is 0.416 e. The maximum Gasteiger partial charge on any atom is 0.416 e. The highest BCUT2D eigenvalue weighted by Gasteiger charge is 2.36. The van der Waals surface area contributed by atoms with Crippen LogP contribution >= 0.6 is 11.8 Å². The van der Waals surface area contributed by atoms with E-state index in [9.17, 15) is 18.0 Å². The van der Waals surface area contributed by atoms with Crippen molar-refractivity contribution in [3.63, 3.8) is 0 Å². The van der Waals surface area contributed by atoms with Gasteiger partial charge in [-0.1, -0.05) is 19.9 Å². The second-order valence-electron chi connectivity index (χ2n) is 7.82. The van der Waals surface area contributed by atoms with Gasteiger partial charge in [0, 0.05) is 23.0 Å². The van der Waals surface area contributed by atoms with Crippen LogP contribution in [0.25, 0.3) is 11.8 Å². The predicted octanol–water partition coefficient (Wildman–Crippen LogP) is 5.39. The van der Waals surface area contributed by atoms with E-state index in [1.54, 1.807) is 36.6 Å². The van der Waals surface area contributed by atoms with Crippen molar-refractivity contribution in [3.05, 3.63) is 58.4 Å². The molecule has 0 radical (unpaired) electrons. The van der Waals surface area contributed by atoms with Crippen molar-refractivity contribution in [2.75, 3.05) is 0 Å². The Morgan fingerprint density at radius 3 is 2.56 bits per heavy atom. The van der Waals surface area contributed by atoms with E-state index in [0.717, 1.165) is 17.2 Å². The number of rotatable bonds is 3. The molecule has 0 saturated heterocycles. The quantitative estimate of drug-likeness (QED) is 0.626. The number of hydrogen-bond acceptors (Lipinski definition) is 4. The molecule has 1 N–H and O–H groups in total. The lowest BCUT2D eigenvalue weighted by atomic mass is 10.1. The zero-order valence-corrected chi connectivity index (χ0v) is 18.6. The van der Waals surface area contributed by atoms with Crippen molar-refractivity contribution in [2.24, 2.45) is 16.0 Å². The fraction of sp³-hybridized carbons (Fsp3) is 0.273. The highest BCUT2D eigenvalue weighted by molar-refractivity contribution is 8.27.